The van der Waals surface area contributed by atoms with E-state index in [1.807, 2.05) is 25.1 Å². The lowest BCUT2D eigenvalue weighted by atomic mass is 10.1. The van der Waals surface area contributed by atoms with Crippen molar-refractivity contribution in [3.63, 3.8) is 0 Å². The zero-order valence-electron chi connectivity index (χ0n) is 9.83. The maximum absolute atomic E-state index is 11.9. The molecule has 0 aliphatic carbocycles. The molecular formula is C12H13BrN4O. The SMILES string of the molecule is CCc1cc(Br)ccc1NC(=O)c1cc(N)n[nH]1. The topological polar surface area (TPSA) is 83.8 Å². The lowest BCUT2D eigenvalue weighted by Crippen LogP contribution is -2.13. The third kappa shape index (κ3) is 2.70. The van der Waals surface area contributed by atoms with Crippen molar-refractivity contribution in [1.82, 2.24) is 10.2 Å². The standard InChI is InChI=1S/C12H13BrN4O/c1-2-7-5-8(13)3-4-9(7)15-12(18)10-6-11(14)17-16-10/h3-6H,2H2,1H3,(H,15,18)(H3,14,16,17). The summed E-state index contributed by atoms with van der Waals surface area (Å²) in [6.45, 7) is 2.03. The Labute approximate surface area is 113 Å². The molecule has 1 heterocycles. The number of amides is 1. The molecule has 4 N–H and O–H groups in total. The van der Waals surface area contributed by atoms with Crippen molar-refractivity contribution in [3.8, 4) is 0 Å². The van der Waals surface area contributed by atoms with Crippen LogP contribution in [0.5, 0.6) is 0 Å². The van der Waals surface area contributed by atoms with E-state index in [-0.39, 0.29) is 5.91 Å². The first kappa shape index (κ1) is 12.6. The molecule has 0 radical (unpaired) electrons. The van der Waals surface area contributed by atoms with Gasteiger partial charge in [-0.25, -0.2) is 0 Å². The smallest absolute Gasteiger partial charge is 0.273 e. The summed E-state index contributed by atoms with van der Waals surface area (Å²) in [7, 11) is 0. The lowest BCUT2D eigenvalue weighted by Gasteiger charge is -2.09. The summed E-state index contributed by atoms with van der Waals surface area (Å²) in [6.07, 6.45) is 0.834. The van der Waals surface area contributed by atoms with Crippen LogP contribution in [0.1, 0.15) is 23.0 Å². The number of aromatic nitrogens is 2. The molecule has 0 aliphatic rings. The summed E-state index contributed by atoms with van der Waals surface area (Å²) >= 11 is 3.41. The van der Waals surface area contributed by atoms with Gasteiger partial charge in [-0.1, -0.05) is 22.9 Å². The molecule has 5 nitrogen and oxygen atoms in total. The third-order valence-electron chi connectivity index (χ3n) is 2.54. The van der Waals surface area contributed by atoms with Crippen LogP contribution in [0.3, 0.4) is 0 Å². The molecule has 1 aromatic heterocycles. The molecule has 18 heavy (non-hydrogen) atoms. The fourth-order valence-corrected chi connectivity index (χ4v) is 2.03. The second-order valence-corrected chi connectivity index (χ2v) is 4.73. The molecule has 0 saturated heterocycles. The van der Waals surface area contributed by atoms with Crippen molar-refractivity contribution in [1.29, 1.82) is 0 Å². The van der Waals surface area contributed by atoms with Crippen molar-refractivity contribution < 1.29 is 4.79 Å². The Morgan fingerprint density at radius 2 is 2.28 bits per heavy atom. The number of H-pyrrole nitrogens is 1. The van der Waals surface area contributed by atoms with Gasteiger partial charge in [0.2, 0.25) is 0 Å². The Morgan fingerprint density at radius 1 is 1.50 bits per heavy atom. The number of nitrogens with two attached hydrogens (primary N) is 1. The van der Waals surface area contributed by atoms with E-state index in [0.717, 1.165) is 22.1 Å². The van der Waals surface area contributed by atoms with E-state index in [9.17, 15) is 4.79 Å². The minimum atomic E-state index is -0.253. The summed E-state index contributed by atoms with van der Waals surface area (Å²) < 4.78 is 0.989. The van der Waals surface area contributed by atoms with Crippen LogP contribution in [0, 0.1) is 0 Å². The van der Waals surface area contributed by atoms with Crippen LogP contribution in [-0.4, -0.2) is 16.1 Å². The summed E-state index contributed by atoms with van der Waals surface area (Å²) in [5.41, 5.74) is 7.65. The van der Waals surface area contributed by atoms with Crippen molar-refractivity contribution >= 4 is 33.3 Å². The number of aromatic amines is 1. The molecule has 94 valence electrons. The van der Waals surface area contributed by atoms with Crippen LogP contribution in [0.4, 0.5) is 11.5 Å². The van der Waals surface area contributed by atoms with Crippen molar-refractivity contribution in [2.75, 3.05) is 11.1 Å². The highest BCUT2D eigenvalue weighted by molar-refractivity contribution is 9.10. The van der Waals surface area contributed by atoms with Crippen molar-refractivity contribution in [2.45, 2.75) is 13.3 Å². The summed E-state index contributed by atoms with van der Waals surface area (Å²) in [5.74, 6) is 0.0443. The number of rotatable bonds is 3. The first-order valence-electron chi connectivity index (χ1n) is 5.51. The van der Waals surface area contributed by atoms with Gasteiger partial charge in [0.25, 0.3) is 5.91 Å². The number of benzene rings is 1. The molecule has 6 heteroatoms. The first-order valence-corrected chi connectivity index (χ1v) is 6.30. The van der Waals surface area contributed by atoms with E-state index >= 15 is 0 Å². The van der Waals surface area contributed by atoms with Crippen LogP contribution in [0.25, 0.3) is 0 Å². The monoisotopic (exact) mass is 308 g/mol. The second-order valence-electron chi connectivity index (χ2n) is 3.82. The van der Waals surface area contributed by atoms with Crippen LogP contribution >= 0.6 is 15.9 Å². The van der Waals surface area contributed by atoms with Crippen LogP contribution in [0.15, 0.2) is 28.7 Å². The minimum absolute atomic E-state index is 0.253. The average Bonchev–Trinajstić information content (AvgIpc) is 2.78. The minimum Gasteiger partial charge on any atom is -0.382 e. The molecule has 1 amide bonds. The number of halogens is 1. The molecule has 0 atom stereocenters. The predicted molar refractivity (Wildman–Crippen MR) is 74.5 cm³/mol. The molecule has 0 spiro atoms. The molecule has 0 bridgehead atoms. The van der Waals surface area contributed by atoms with Gasteiger partial charge in [-0.05, 0) is 30.2 Å². The second kappa shape index (κ2) is 5.22. The Balaban J connectivity index is 2.21. The molecule has 1 aromatic carbocycles. The van der Waals surface area contributed by atoms with Gasteiger partial charge in [-0.15, -0.1) is 0 Å². The van der Waals surface area contributed by atoms with Gasteiger partial charge >= 0.3 is 0 Å². The number of carbonyl (C=O) groups excluding carboxylic acids is 1. The van der Waals surface area contributed by atoms with E-state index in [0.29, 0.717) is 11.5 Å². The Kier molecular flexibility index (Phi) is 3.66. The number of nitrogen functional groups attached to an aromatic ring is 1. The van der Waals surface area contributed by atoms with E-state index in [4.69, 9.17) is 5.73 Å². The molecule has 0 saturated carbocycles. The molecule has 0 fully saturated rings. The van der Waals surface area contributed by atoms with Crippen LogP contribution in [-0.2, 0) is 6.42 Å². The molecule has 0 aliphatic heterocycles. The zero-order chi connectivity index (χ0) is 13.1. The van der Waals surface area contributed by atoms with Gasteiger partial charge < -0.3 is 11.1 Å². The highest BCUT2D eigenvalue weighted by Gasteiger charge is 2.11. The largest absolute Gasteiger partial charge is 0.382 e. The molecular weight excluding hydrogens is 296 g/mol. The van der Waals surface area contributed by atoms with Gasteiger partial charge in [0, 0.05) is 16.2 Å². The molecule has 2 rings (SSSR count). The number of anilines is 2. The number of nitrogens with one attached hydrogen (secondary N) is 2. The fourth-order valence-electron chi connectivity index (χ4n) is 1.62. The maximum Gasteiger partial charge on any atom is 0.273 e. The Bertz CT molecular complexity index is 579. The Hall–Kier alpha value is -1.82. The van der Waals surface area contributed by atoms with Crippen molar-refractivity contribution in [2.24, 2.45) is 0 Å². The van der Waals surface area contributed by atoms with Gasteiger partial charge in [0.05, 0.1) is 0 Å². The number of nitrogens with zero attached hydrogens (tertiary/aromatic N) is 1. The highest BCUT2D eigenvalue weighted by atomic mass is 79.9. The van der Waals surface area contributed by atoms with E-state index in [1.54, 1.807) is 0 Å². The Morgan fingerprint density at radius 3 is 2.89 bits per heavy atom. The highest BCUT2D eigenvalue weighted by Crippen LogP contribution is 2.22. The van der Waals surface area contributed by atoms with Crippen LogP contribution in [0.2, 0.25) is 0 Å². The van der Waals surface area contributed by atoms with Gasteiger partial charge in [0.1, 0.15) is 11.5 Å². The predicted octanol–water partition coefficient (Wildman–Crippen LogP) is 2.57. The molecule has 2 aromatic rings. The van der Waals surface area contributed by atoms with Gasteiger partial charge in [-0.3, -0.25) is 9.89 Å². The summed E-state index contributed by atoms with van der Waals surface area (Å²) in [5, 5.41) is 9.13. The lowest BCUT2D eigenvalue weighted by molar-refractivity contribution is 0.102. The van der Waals surface area contributed by atoms with Crippen LogP contribution < -0.4 is 11.1 Å². The number of carbonyl (C=O) groups is 1. The number of hydrogen-bond acceptors (Lipinski definition) is 3. The normalized spacial score (nSPS) is 10.3. The van der Waals surface area contributed by atoms with Crippen molar-refractivity contribution in [3.05, 3.63) is 40.0 Å². The van der Waals surface area contributed by atoms with E-state index in [2.05, 4.69) is 31.4 Å². The first-order chi connectivity index (χ1) is 8.60. The maximum atomic E-state index is 11.9. The van der Waals surface area contributed by atoms with Gasteiger partial charge in [0.15, 0.2) is 0 Å². The fraction of sp³-hybridized carbons (Fsp3) is 0.167. The van der Waals surface area contributed by atoms with E-state index < -0.39 is 0 Å². The third-order valence-corrected chi connectivity index (χ3v) is 3.03. The quantitative estimate of drug-likeness (QED) is 0.815. The number of aryl methyl sites for hydroxylation is 1. The van der Waals surface area contributed by atoms with E-state index in [1.165, 1.54) is 6.07 Å². The average molecular weight is 309 g/mol. The summed E-state index contributed by atoms with van der Waals surface area (Å²) in [6, 6.07) is 7.23. The zero-order valence-corrected chi connectivity index (χ0v) is 11.4. The molecule has 0 unspecified atom stereocenters. The number of hydrogen-bond donors (Lipinski definition) is 3. The summed E-state index contributed by atoms with van der Waals surface area (Å²) in [4.78, 5) is 11.9. The van der Waals surface area contributed by atoms with Gasteiger partial charge in [-0.2, -0.15) is 5.10 Å².